The predicted molar refractivity (Wildman–Crippen MR) is 114 cm³/mol. The fraction of sp³-hybridized carbons (Fsp3) is 0.238. The smallest absolute Gasteiger partial charge is 0.191 e. The molecule has 0 N–H and O–H groups in total. The number of rotatable bonds is 8. The van der Waals surface area contributed by atoms with Crippen LogP contribution in [-0.4, -0.2) is 14.8 Å². The molecule has 4 nitrogen and oxygen atoms in total. The van der Waals surface area contributed by atoms with E-state index in [0.29, 0.717) is 6.54 Å². The summed E-state index contributed by atoms with van der Waals surface area (Å²) < 4.78 is 9.20. The number of aromatic nitrogens is 3. The van der Waals surface area contributed by atoms with Crippen molar-refractivity contribution in [2.45, 2.75) is 37.4 Å². The molecule has 27 heavy (non-hydrogen) atoms. The molecule has 0 spiro atoms. The molecule has 0 bridgehead atoms. The molecule has 0 aliphatic heterocycles. The van der Waals surface area contributed by atoms with Gasteiger partial charge in [-0.25, -0.2) is 0 Å². The van der Waals surface area contributed by atoms with Gasteiger partial charge in [-0.1, -0.05) is 63.6 Å². The monoisotopic (exact) mass is 443 g/mol. The second kappa shape index (κ2) is 9.24. The van der Waals surface area contributed by atoms with Crippen LogP contribution in [0.5, 0.6) is 5.75 Å². The van der Waals surface area contributed by atoms with Crippen LogP contribution in [0.1, 0.15) is 30.0 Å². The van der Waals surface area contributed by atoms with Gasteiger partial charge in [-0.15, -0.1) is 16.8 Å². The lowest BCUT2D eigenvalue weighted by molar-refractivity contribution is 0.210. The van der Waals surface area contributed by atoms with Gasteiger partial charge in [0.2, 0.25) is 0 Å². The SMILES string of the molecule is C=CCn1c(SCc2ccc(Br)cc2)nnc1C(C)Oc1ccc(C)cc1. The van der Waals surface area contributed by atoms with Crippen molar-refractivity contribution < 1.29 is 4.74 Å². The van der Waals surface area contributed by atoms with Crippen molar-refractivity contribution in [2.24, 2.45) is 0 Å². The summed E-state index contributed by atoms with van der Waals surface area (Å²) in [6.07, 6.45) is 1.65. The maximum absolute atomic E-state index is 6.06. The van der Waals surface area contributed by atoms with E-state index in [1.807, 2.05) is 49.4 Å². The number of aryl methyl sites for hydroxylation is 1. The van der Waals surface area contributed by atoms with E-state index in [-0.39, 0.29) is 6.10 Å². The molecule has 1 aromatic heterocycles. The molecule has 1 atom stereocenters. The lowest BCUT2D eigenvalue weighted by Gasteiger charge is -2.16. The van der Waals surface area contributed by atoms with Crippen LogP contribution in [-0.2, 0) is 12.3 Å². The fourth-order valence-corrected chi connectivity index (χ4v) is 3.79. The van der Waals surface area contributed by atoms with E-state index in [0.717, 1.165) is 27.0 Å². The Morgan fingerprint density at radius 1 is 1.15 bits per heavy atom. The third-order valence-corrected chi connectivity index (χ3v) is 5.60. The minimum atomic E-state index is -0.206. The van der Waals surface area contributed by atoms with Crippen molar-refractivity contribution >= 4 is 27.7 Å². The molecule has 1 unspecified atom stereocenters. The zero-order valence-corrected chi connectivity index (χ0v) is 17.8. The highest BCUT2D eigenvalue weighted by molar-refractivity contribution is 9.10. The van der Waals surface area contributed by atoms with Gasteiger partial charge in [-0.3, -0.25) is 4.57 Å². The maximum atomic E-state index is 6.06. The number of allylic oxidation sites excluding steroid dienone is 1. The van der Waals surface area contributed by atoms with E-state index in [4.69, 9.17) is 4.74 Å². The summed E-state index contributed by atoms with van der Waals surface area (Å²) in [5.41, 5.74) is 2.44. The van der Waals surface area contributed by atoms with E-state index in [2.05, 4.69) is 56.3 Å². The third-order valence-electron chi connectivity index (χ3n) is 4.04. The van der Waals surface area contributed by atoms with Crippen LogP contribution in [0, 0.1) is 6.92 Å². The molecule has 0 saturated carbocycles. The molecule has 6 heteroatoms. The van der Waals surface area contributed by atoms with Gasteiger partial charge in [-0.05, 0) is 43.7 Å². The van der Waals surface area contributed by atoms with Crippen LogP contribution in [0.4, 0.5) is 0 Å². The first-order chi connectivity index (χ1) is 13.1. The highest BCUT2D eigenvalue weighted by Crippen LogP contribution is 2.27. The quantitative estimate of drug-likeness (QED) is 0.317. The van der Waals surface area contributed by atoms with Crippen LogP contribution < -0.4 is 4.74 Å². The number of thioether (sulfide) groups is 1. The van der Waals surface area contributed by atoms with Gasteiger partial charge in [-0.2, -0.15) is 0 Å². The lowest BCUT2D eigenvalue weighted by atomic mass is 10.2. The number of benzene rings is 2. The summed E-state index contributed by atoms with van der Waals surface area (Å²) in [5, 5.41) is 9.64. The zero-order valence-electron chi connectivity index (χ0n) is 15.4. The van der Waals surface area contributed by atoms with Crippen molar-refractivity contribution in [1.29, 1.82) is 0 Å². The largest absolute Gasteiger partial charge is 0.483 e. The van der Waals surface area contributed by atoms with Crippen LogP contribution in [0.3, 0.4) is 0 Å². The van der Waals surface area contributed by atoms with Gasteiger partial charge < -0.3 is 4.74 Å². The fourth-order valence-electron chi connectivity index (χ4n) is 2.61. The first-order valence-electron chi connectivity index (χ1n) is 8.71. The Labute approximate surface area is 172 Å². The Balaban J connectivity index is 1.74. The topological polar surface area (TPSA) is 39.9 Å². The van der Waals surface area contributed by atoms with Crippen molar-refractivity contribution in [3.8, 4) is 5.75 Å². The molecule has 0 aliphatic carbocycles. The molecule has 3 aromatic rings. The summed E-state index contributed by atoms with van der Waals surface area (Å²) in [6.45, 7) is 8.56. The normalized spacial score (nSPS) is 12.0. The number of hydrogen-bond donors (Lipinski definition) is 0. The first kappa shape index (κ1) is 19.7. The second-order valence-corrected chi connectivity index (χ2v) is 8.09. The molecule has 0 fully saturated rings. The predicted octanol–water partition coefficient (Wildman–Crippen LogP) is 5.97. The van der Waals surface area contributed by atoms with E-state index in [1.165, 1.54) is 11.1 Å². The average Bonchev–Trinajstić information content (AvgIpc) is 3.06. The first-order valence-corrected chi connectivity index (χ1v) is 10.5. The summed E-state index contributed by atoms with van der Waals surface area (Å²) in [5.74, 6) is 2.45. The Morgan fingerprint density at radius 3 is 2.52 bits per heavy atom. The molecule has 0 radical (unpaired) electrons. The molecule has 3 rings (SSSR count). The summed E-state index contributed by atoms with van der Waals surface area (Å²) in [7, 11) is 0. The van der Waals surface area contributed by atoms with E-state index in [9.17, 15) is 0 Å². The van der Waals surface area contributed by atoms with Crippen LogP contribution in [0.2, 0.25) is 0 Å². The van der Waals surface area contributed by atoms with E-state index < -0.39 is 0 Å². The summed E-state index contributed by atoms with van der Waals surface area (Å²) >= 11 is 5.13. The molecule has 2 aromatic carbocycles. The van der Waals surface area contributed by atoms with E-state index >= 15 is 0 Å². The standard InChI is InChI=1S/C21H22BrN3OS/c1-4-13-25-20(16(3)26-19-11-5-15(2)6-12-19)23-24-21(25)27-14-17-7-9-18(22)10-8-17/h4-12,16H,1,13-14H2,2-3H3. The third kappa shape index (κ3) is 5.23. The molecular weight excluding hydrogens is 422 g/mol. The van der Waals surface area contributed by atoms with Gasteiger partial charge >= 0.3 is 0 Å². The molecule has 1 heterocycles. The molecule has 140 valence electrons. The average molecular weight is 444 g/mol. The lowest BCUT2D eigenvalue weighted by Crippen LogP contribution is -2.12. The number of hydrogen-bond acceptors (Lipinski definition) is 4. The van der Waals surface area contributed by atoms with Crippen LogP contribution >= 0.6 is 27.7 Å². The van der Waals surface area contributed by atoms with Crippen molar-refractivity contribution in [3.05, 3.63) is 82.6 Å². The molecule has 0 aliphatic rings. The van der Waals surface area contributed by atoms with Gasteiger partial charge in [0.1, 0.15) is 5.75 Å². The molecule has 0 amide bonds. The summed E-state index contributed by atoms with van der Waals surface area (Å²) in [4.78, 5) is 0. The number of ether oxygens (including phenoxy) is 1. The van der Waals surface area contributed by atoms with Gasteiger partial charge in [0.15, 0.2) is 17.1 Å². The van der Waals surface area contributed by atoms with E-state index in [1.54, 1.807) is 11.8 Å². The van der Waals surface area contributed by atoms with Crippen LogP contribution in [0.15, 0.2) is 70.8 Å². The minimum Gasteiger partial charge on any atom is -0.483 e. The Morgan fingerprint density at radius 2 is 1.85 bits per heavy atom. The zero-order chi connectivity index (χ0) is 19.2. The highest BCUT2D eigenvalue weighted by atomic mass is 79.9. The molecular formula is C21H22BrN3OS. The van der Waals surface area contributed by atoms with Crippen molar-refractivity contribution in [1.82, 2.24) is 14.8 Å². The molecule has 0 saturated heterocycles. The van der Waals surface area contributed by atoms with Crippen molar-refractivity contribution in [3.63, 3.8) is 0 Å². The van der Waals surface area contributed by atoms with Crippen LogP contribution in [0.25, 0.3) is 0 Å². The highest BCUT2D eigenvalue weighted by Gasteiger charge is 2.19. The van der Waals surface area contributed by atoms with Gasteiger partial charge in [0.05, 0.1) is 0 Å². The maximum Gasteiger partial charge on any atom is 0.191 e. The number of nitrogens with zero attached hydrogens (tertiary/aromatic N) is 3. The minimum absolute atomic E-state index is 0.206. The second-order valence-electron chi connectivity index (χ2n) is 6.23. The number of halogens is 1. The van der Waals surface area contributed by atoms with Gasteiger partial charge in [0.25, 0.3) is 0 Å². The Bertz CT molecular complexity index is 891. The Hall–Kier alpha value is -2.05. The van der Waals surface area contributed by atoms with Gasteiger partial charge in [0, 0.05) is 16.8 Å². The Kier molecular flexibility index (Phi) is 6.74. The van der Waals surface area contributed by atoms with Crippen molar-refractivity contribution in [2.75, 3.05) is 0 Å². The summed E-state index contributed by atoms with van der Waals surface area (Å²) in [6, 6.07) is 16.3.